The minimum atomic E-state index is 0.746. The largest absolute Gasteiger partial charge is 0.103 e. The highest BCUT2D eigenvalue weighted by atomic mass is 14.1. The summed E-state index contributed by atoms with van der Waals surface area (Å²) < 4.78 is 0. The molecule has 1 aromatic carbocycles. The second-order valence-electron chi connectivity index (χ2n) is 4.09. The number of unbranched alkanes of at least 4 members (excludes halogenated alkanes) is 2. The van der Waals surface area contributed by atoms with Crippen molar-refractivity contribution in [2.24, 2.45) is 0 Å². The molecule has 1 aromatic rings. The molecule has 0 radical (unpaired) electrons. The summed E-state index contributed by atoms with van der Waals surface area (Å²) in [7, 11) is 0. The van der Waals surface area contributed by atoms with Gasteiger partial charge in [0.15, 0.2) is 0 Å². The lowest BCUT2D eigenvalue weighted by Crippen LogP contribution is -1.96. The minimum absolute atomic E-state index is 0.746. The molecule has 1 rings (SSSR count). The number of rotatable bonds is 7. The van der Waals surface area contributed by atoms with Crippen LogP contribution >= 0.6 is 0 Å². The van der Waals surface area contributed by atoms with Crippen molar-refractivity contribution in [2.75, 3.05) is 0 Å². The third kappa shape index (κ3) is 4.33. The number of hydrogen-bond acceptors (Lipinski definition) is 0. The van der Waals surface area contributed by atoms with Gasteiger partial charge in [-0.1, -0.05) is 49.8 Å². The fourth-order valence-electron chi connectivity index (χ4n) is 2.01. The van der Waals surface area contributed by atoms with Crippen LogP contribution in [0, 0.1) is 0 Å². The SMILES string of the molecule is C=CCCCCC(CC)c1ccccc1. The molecule has 1 atom stereocenters. The van der Waals surface area contributed by atoms with Crippen molar-refractivity contribution in [1.82, 2.24) is 0 Å². The number of allylic oxidation sites excluding steroid dienone is 1. The molecule has 15 heavy (non-hydrogen) atoms. The Hall–Kier alpha value is -1.04. The summed E-state index contributed by atoms with van der Waals surface area (Å²) in [5.41, 5.74) is 1.50. The standard InChI is InChI=1S/C15H22/c1-3-5-6-8-11-14(4-2)15-12-9-7-10-13-15/h3,7,9-10,12-14H,1,4-6,8,11H2,2H3. The van der Waals surface area contributed by atoms with Gasteiger partial charge in [-0.2, -0.15) is 0 Å². The van der Waals surface area contributed by atoms with Crippen LogP contribution in [0.15, 0.2) is 43.0 Å². The van der Waals surface area contributed by atoms with Crippen molar-refractivity contribution in [3.05, 3.63) is 48.6 Å². The monoisotopic (exact) mass is 202 g/mol. The zero-order valence-corrected chi connectivity index (χ0v) is 9.78. The van der Waals surface area contributed by atoms with Gasteiger partial charge in [-0.05, 0) is 37.2 Å². The van der Waals surface area contributed by atoms with E-state index in [4.69, 9.17) is 0 Å². The molecule has 0 aromatic heterocycles. The molecule has 0 N–H and O–H groups in total. The molecule has 0 fully saturated rings. The van der Waals surface area contributed by atoms with Crippen LogP contribution in [-0.2, 0) is 0 Å². The summed E-state index contributed by atoms with van der Waals surface area (Å²) in [6, 6.07) is 10.9. The van der Waals surface area contributed by atoms with Gasteiger partial charge in [0.1, 0.15) is 0 Å². The molecular weight excluding hydrogens is 180 g/mol. The first-order valence-corrected chi connectivity index (χ1v) is 6.04. The van der Waals surface area contributed by atoms with E-state index in [1.54, 1.807) is 0 Å². The van der Waals surface area contributed by atoms with Crippen LogP contribution in [0.3, 0.4) is 0 Å². The number of benzene rings is 1. The molecule has 1 unspecified atom stereocenters. The van der Waals surface area contributed by atoms with Crippen molar-refractivity contribution in [3.63, 3.8) is 0 Å². The van der Waals surface area contributed by atoms with Crippen LogP contribution in [0.4, 0.5) is 0 Å². The van der Waals surface area contributed by atoms with Crippen LogP contribution in [0.2, 0.25) is 0 Å². The summed E-state index contributed by atoms with van der Waals surface area (Å²) in [6.07, 6.45) is 8.34. The van der Waals surface area contributed by atoms with E-state index in [9.17, 15) is 0 Å². The zero-order valence-electron chi connectivity index (χ0n) is 9.78. The second kappa shape index (κ2) is 7.28. The van der Waals surface area contributed by atoms with Crippen LogP contribution in [-0.4, -0.2) is 0 Å². The Labute approximate surface area is 94.0 Å². The van der Waals surface area contributed by atoms with E-state index in [0.717, 1.165) is 12.3 Å². The lowest BCUT2D eigenvalue weighted by atomic mass is 9.91. The maximum atomic E-state index is 3.76. The molecule has 82 valence electrons. The molecule has 0 aliphatic rings. The molecule has 0 amide bonds. The van der Waals surface area contributed by atoms with Crippen LogP contribution in [0.5, 0.6) is 0 Å². The Morgan fingerprint density at radius 3 is 2.53 bits per heavy atom. The first-order valence-electron chi connectivity index (χ1n) is 6.04. The third-order valence-corrected chi connectivity index (χ3v) is 2.97. The van der Waals surface area contributed by atoms with Crippen molar-refractivity contribution in [2.45, 2.75) is 44.9 Å². The minimum Gasteiger partial charge on any atom is -0.103 e. The van der Waals surface area contributed by atoms with Crippen molar-refractivity contribution in [1.29, 1.82) is 0 Å². The van der Waals surface area contributed by atoms with E-state index in [1.807, 2.05) is 6.08 Å². The van der Waals surface area contributed by atoms with Crippen molar-refractivity contribution >= 4 is 0 Å². The topological polar surface area (TPSA) is 0 Å². The third-order valence-electron chi connectivity index (χ3n) is 2.97. The Morgan fingerprint density at radius 1 is 1.20 bits per heavy atom. The van der Waals surface area contributed by atoms with E-state index >= 15 is 0 Å². The van der Waals surface area contributed by atoms with Gasteiger partial charge in [0.2, 0.25) is 0 Å². The van der Waals surface area contributed by atoms with Crippen LogP contribution < -0.4 is 0 Å². The van der Waals surface area contributed by atoms with Gasteiger partial charge < -0.3 is 0 Å². The highest BCUT2D eigenvalue weighted by molar-refractivity contribution is 5.19. The van der Waals surface area contributed by atoms with E-state index in [-0.39, 0.29) is 0 Å². The quantitative estimate of drug-likeness (QED) is 0.434. The van der Waals surface area contributed by atoms with E-state index < -0.39 is 0 Å². The zero-order chi connectivity index (χ0) is 10.9. The smallest absolute Gasteiger partial charge is 0.0165 e. The summed E-state index contributed by atoms with van der Waals surface area (Å²) in [5, 5.41) is 0. The van der Waals surface area contributed by atoms with Gasteiger partial charge in [0.05, 0.1) is 0 Å². The summed E-state index contributed by atoms with van der Waals surface area (Å²) >= 11 is 0. The van der Waals surface area contributed by atoms with Crippen molar-refractivity contribution in [3.8, 4) is 0 Å². The molecule has 0 heterocycles. The normalized spacial score (nSPS) is 12.3. The first-order chi connectivity index (χ1) is 7.38. The average Bonchev–Trinajstić information content (AvgIpc) is 2.30. The van der Waals surface area contributed by atoms with Crippen LogP contribution in [0.25, 0.3) is 0 Å². The van der Waals surface area contributed by atoms with Gasteiger partial charge in [0.25, 0.3) is 0 Å². The molecule has 0 spiro atoms. The molecule has 0 saturated carbocycles. The maximum absolute atomic E-state index is 3.76. The summed E-state index contributed by atoms with van der Waals surface area (Å²) in [6.45, 7) is 6.04. The van der Waals surface area contributed by atoms with Gasteiger partial charge in [-0.15, -0.1) is 6.58 Å². The Kier molecular flexibility index (Phi) is 5.84. The van der Waals surface area contributed by atoms with E-state index in [2.05, 4.69) is 43.8 Å². The van der Waals surface area contributed by atoms with Gasteiger partial charge >= 0.3 is 0 Å². The van der Waals surface area contributed by atoms with Crippen LogP contribution in [0.1, 0.15) is 50.5 Å². The molecule has 0 nitrogen and oxygen atoms in total. The van der Waals surface area contributed by atoms with E-state index in [1.165, 1.54) is 31.2 Å². The Morgan fingerprint density at radius 2 is 1.93 bits per heavy atom. The summed E-state index contributed by atoms with van der Waals surface area (Å²) in [4.78, 5) is 0. The van der Waals surface area contributed by atoms with Gasteiger partial charge in [-0.25, -0.2) is 0 Å². The maximum Gasteiger partial charge on any atom is -0.0165 e. The molecule has 0 heteroatoms. The lowest BCUT2D eigenvalue weighted by molar-refractivity contribution is 0.560. The van der Waals surface area contributed by atoms with Gasteiger partial charge in [-0.3, -0.25) is 0 Å². The van der Waals surface area contributed by atoms with Gasteiger partial charge in [0, 0.05) is 0 Å². The highest BCUT2D eigenvalue weighted by Gasteiger charge is 2.07. The van der Waals surface area contributed by atoms with Crippen molar-refractivity contribution < 1.29 is 0 Å². The second-order valence-corrected chi connectivity index (χ2v) is 4.09. The predicted octanol–water partition coefficient (Wildman–Crippen LogP) is 4.93. The number of hydrogen-bond donors (Lipinski definition) is 0. The predicted molar refractivity (Wildman–Crippen MR) is 68.1 cm³/mol. The Balaban J connectivity index is 2.39. The molecule has 0 aliphatic carbocycles. The molecule has 0 bridgehead atoms. The lowest BCUT2D eigenvalue weighted by Gasteiger charge is -2.14. The molecule has 0 saturated heterocycles. The van der Waals surface area contributed by atoms with E-state index in [0.29, 0.717) is 0 Å². The fourth-order valence-corrected chi connectivity index (χ4v) is 2.01. The summed E-state index contributed by atoms with van der Waals surface area (Å²) in [5.74, 6) is 0.746. The first kappa shape index (κ1) is 12.0. The molecular formula is C15H22. The Bertz CT molecular complexity index is 261. The molecule has 0 aliphatic heterocycles. The average molecular weight is 202 g/mol. The fraction of sp³-hybridized carbons (Fsp3) is 0.467. The highest BCUT2D eigenvalue weighted by Crippen LogP contribution is 2.25.